The maximum atomic E-state index is 12.8. The lowest BCUT2D eigenvalue weighted by Gasteiger charge is -2.27. The number of carbonyl (C=O) groups is 3. The zero-order valence-electron chi connectivity index (χ0n) is 45.1. The lowest BCUT2D eigenvalue weighted by Crippen LogP contribution is -2.39. The van der Waals surface area contributed by atoms with Crippen LogP contribution < -0.4 is 0 Å². The van der Waals surface area contributed by atoms with E-state index in [0.29, 0.717) is 59.1 Å². The second-order valence-corrected chi connectivity index (χ2v) is 20.0. The molecule has 398 valence electrons. The number of unbranched alkanes of at least 4 members (excludes halogenated alkanes) is 36. The van der Waals surface area contributed by atoms with Crippen molar-refractivity contribution in [3.05, 3.63) is 0 Å². The fraction of sp³-hybridized carbons (Fsp3) is 0.948. The summed E-state index contributed by atoms with van der Waals surface area (Å²) in [5.41, 5.74) is 0. The Labute approximate surface area is 416 Å². The maximum absolute atomic E-state index is 12.8. The van der Waals surface area contributed by atoms with Gasteiger partial charge in [0, 0.05) is 39.3 Å². The van der Waals surface area contributed by atoms with Crippen LogP contribution in [0.3, 0.4) is 0 Å². The molecule has 0 amide bonds. The number of nitrogens with zero attached hydrogens (tertiary/aromatic N) is 2. The second kappa shape index (κ2) is 55.2. The molecule has 0 heterocycles. The Bertz CT molecular complexity index is 981. The van der Waals surface area contributed by atoms with E-state index in [-0.39, 0.29) is 43.8 Å². The molecule has 0 atom stereocenters. The van der Waals surface area contributed by atoms with Crippen LogP contribution in [0.1, 0.15) is 290 Å². The molecule has 1 N–H and O–H groups in total. The van der Waals surface area contributed by atoms with E-state index >= 15 is 0 Å². The lowest BCUT2D eigenvalue weighted by atomic mass is 10.0. The smallest absolute Gasteiger partial charge is 0.307 e. The summed E-state index contributed by atoms with van der Waals surface area (Å²) in [7, 11) is 0. The molecule has 0 aliphatic rings. The highest BCUT2D eigenvalue weighted by Gasteiger charge is 2.16. The zero-order chi connectivity index (χ0) is 48.8. The molecule has 0 aromatic carbocycles. The third-order valence-electron chi connectivity index (χ3n) is 13.6. The van der Waals surface area contributed by atoms with E-state index in [2.05, 4.69) is 30.6 Å². The number of hydrogen-bond donors (Lipinski definition) is 1. The Balaban J connectivity index is 4.56. The summed E-state index contributed by atoms with van der Waals surface area (Å²) < 4.78 is 16.8. The SMILES string of the molecule is CCCCCCCCCCCCCCCOC(=O)CCN(CCO)CCN(CCC(=O)OCCCCCCCCCCCCCCC)CCC(=O)OCCCCCCCCCCCCCCC. The van der Waals surface area contributed by atoms with Gasteiger partial charge in [0.2, 0.25) is 0 Å². The fourth-order valence-electron chi connectivity index (χ4n) is 8.98. The van der Waals surface area contributed by atoms with Crippen LogP contribution in [0.5, 0.6) is 0 Å². The van der Waals surface area contributed by atoms with Gasteiger partial charge >= 0.3 is 17.9 Å². The number of ether oxygens (including phenoxy) is 3. The predicted octanol–water partition coefficient (Wildman–Crippen LogP) is 15.7. The number of aliphatic hydroxyl groups excluding tert-OH is 1. The van der Waals surface area contributed by atoms with Crippen molar-refractivity contribution < 1.29 is 33.7 Å². The summed E-state index contributed by atoms with van der Waals surface area (Å²) in [5.74, 6) is -0.601. The molecule has 0 unspecified atom stereocenters. The van der Waals surface area contributed by atoms with E-state index in [4.69, 9.17) is 14.2 Å². The van der Waals surface area contributed by atoms with Crippen molar-refractivity contribution in [3.63, 3.8) is 0 Å². The first-order valence-electron chi connectivity index (χ1n) is 29.5. The van der Waals surface area contributed by atoms with E-state index in [9.17, 15) is 19.5 Å². The average molecular weight is 952 g/mol. The minimum Gasteiger partial charge on any atom is -0.466 e. The quantitative estimate of drug-likeness (QED) is 0.0362. The molecule has 0 saturated carbocycles. The molecule has 0 bridgehead atoms. The topological polar surface area (TPSA) is 106 Å². The first-order chi connectivity index (χ1) is 33.0. The van der Waals surface area contributed by atoms with Gasteiger partial charge < -0.3 is 24.2 Å². The van der Waals surface area contributed by atoms with Gasteiger partial charge in [-0.2, -0.15) is 0 Å². The monoisotopic (exact) mass is 951 g/mol. The van der Waals surface area contributed by atoms with Crippen LogP contribution in [-0.2, 0) is 28.6 Å². The molecule has 67 heavy (non-hydrogen) atoms. The largest absolute Gasteiger partial charge is 0.466 e. The van der Waals surface area contributed by atoms with Gasteiger partial charge in [0.25, 0.3) is 0 Å². The van der Waals surface area contributed by atoms with Gasteiger partial charge in [0.15, 0.2) is 0 Å². The molecule has 0 spiro atoms. The molecule has 0 aromatic rings. The van der Waals surface area contributed by atoms with Crippen LogP contribution in [0.15, 0.2) is 0 Å². The van der Waals surface area contributed by atoms with E-state index in [1.165, 1.54) is 212 Å². The van der Waals surface area contributed by atoms with Crippen molar-refractivity contribution in [2.75, 3.05) is 65.7 Å². The van der Waals surface area contributed by atoms with Gasteiger partial charge in [-0.1, -0.05) is 252 Å². The summed E-state index contributed by atoms with van der Waals surface area (Å²) in [6.45, 7) is 11.3. The summed E-state index contributed by atoms with van der Waals surface area (Å²) in [4.78, 5) is 42.4. The molecular weight excluding hydrogens is 837 g/mol. The molecule has 0 aromatic heterocycles. The molecule has 0 aliphatic carbocycles. The summed E-state index contributed by atoms with van der Waals surface area (Å²) in [6, 6.07) is 0. The van der Waals surface area contributed by atoms with Crippen LogP contribution >= 0.6 is 0 Å². The van der Waals surface area contributed by atoms with Crippen LogP contribution in [-0.4, -0.2) is 98.5 Å². The Morgan fingerprint density at radius 2 is 0.478 bits per heavy atom. The summed E-state index contributed by atoms with van der Waals surface area (Å²) >= 11 is 0. The Morgan fingerprint density at radius 3 is 0.687 bits per heavy atom. The normalized spacial score (nSPS) is 11.6. The first kappa shape index (κ1) is 65.3. The Morgan fingerprint density at radius 1 is 0.284 bits per heavy atom. The Hall–Kier alpha value is -1.71. The van der Waals surface area contributed by atoms with E-state index < -0.39 is 0 Å². The van der Waals surface area contributed by atoms with Gasteiger partial charge in [0.05, 0.1) is 45.7 Å². The molecule has 9 nitrogen and oxygen atoms in total. The van der Waals surface area contributed by atoms with Crippen molar-refractivity contribution in [2.45, 2.75) is 290 Å². The number of carbonyl (C=O) groups excluding carboxylic acids is 3. The summed E-state index contributed by atoms with van der Waals surface area (Å²) in [6.07, 6.45) is 50.8. The Kier molecular flexibility index (Phi) is 53.8. The zero-order valence-corrected chi connectivity index (χ0v) is 45.1. The van der Waals surface area contributed by atoms with Crippen molar-refractivity contribution >= 4 is 17.9 Å². The molecule has 0 saturated heterocycles. The van der Waals surface area contributed by atoms with Crippen LogP contribution in [0.25, 0.3) is 0 Å². The van der Waals surface area contributed by atoms with Crippen LogP contribution in [0.4, 0.5) is 0 Å². The van der Waals surface area contributed by atoms with Gasteiger partial charge in [-0.15, -0.1) is 0 Å². The number of esters is 3. The van der Waals surface area contributed by atoms with E-state index in [1.807, 2.05) is 0 Å². The highest BCUT2D eigenvalue weighted by atomic mass is 16.5. The molecule has 0 rings (SSSR count). The first-order valence-corrected chi connectivity index (χ1v) is 29.5. The van der Waals surface area contributed by atoms with Crippen LogP contribution in [0.2, 0.25) is 0 Å². The van der Waals surface area contributed by atoms with E-state index in [1.54, 1.807) is 0 Å². The van der Waals surface area contributed by atoms with Gasteiger partial charge in [-0.25, -0.2) is 0 Å². The van der Waals surface area contributed by atoms with Crippen molar-refractivity contribution in [1.29, 1.82) is 0 Å². The van der Waals surface area contributed by atoms with E-state index in [0.717, 1.165) is 38.5 Å². The minimum absolute atomic E-state index is 0.00888. The number of rotatable bonds is 56. The standard InChI is InChI=1S/C58H114N2O7/c1-4-7-10-13-16-19-22-25-28-31-34-37-40-53-65-56(62)43-46-59(47-44-57(63)66-54-41-38-35-32-29-26-23-20-17-14-11-8-5-2)49-50-60(51-52-61)48-45-58(64)67-55-42-39-36-33-30-27-24-21-18-15-12-9-6-3/h61H,4-55H2,1-3H3. The number of hydrogen-bond acceptors (Lipinski definition) is 9. The highest BCUT2D eigenvalue weighted by molar-refractivity contribution is 5.70. The van der Waals surface area contributed by atoms with Gasteiger partial charge in [-0.3, -0.25) is 19.3 Å². The van der Waals surface area contributed by atoms with Crippen LogP contribution in [0, 0.1) is 0 Å². The molecule has 0 aliphatic heterocycles. The highest BCUT2D eigenvalue weighted by Crippen LogP contribution is 2.16. The third-order valence-corrected chi connectivity index (χ3v) is 13.6. The molecule has 0 fully saturated rings. The second-order valence-electron chi connectivity index (χ2n) is 20.0. The minimum atomic E-state index is -0.202. The molecule has 9 heteroatoms. The lowest BCUT2D eigenvalue weighted by molar-refractivity contribution is -0.145. The maximum Gasteiger partial charge on any atom is 0.307 e. The van der Waals surface area contributed by atoms with Gasteiger partial charge in [-0.05, 0) is 19.3 Å². The average Bonchev–Trinajstić information content (AvgIpc) is 3.33. The fourth-order valence-corrected chi connectivity index (χ4v) is 8.98. The summed E-state index contributed by atoms with van der Waals surface area (Å²) in [5, 5.41) is 9.82. The van der Waals surface area contributed by atoms with Crippen molar-refractivity contribution in [3.8, 4) is 0 Å². The van der Waals surface area contributed by atoms with Crippen molar-refractivity contribution in [2.24, 2.45) is 0 Å². The molecule has 0 radical (unpaired) electrons. The molecular formula is C58H114N2O7. The third kappa shape index (κ3) is 52.0. The predicted molar refractivity (Wildman–Crippen MR) is 284 cm³/mol. The number of aliphatic hydroxyl groups is 1. The van der Waals surface area contributed by atoms with Crippen molar-refractivity contribution in [1.82, 2.24) is 9.80 Å². The van der Waals surface area contributed by atoms with Gasteiger partial charge in [0.1, 0.15) is 0 Å².